The fourth-order valence-electron chi connectivity index (χ4n) is 6.62. The topological polar surface area (TPSA) is 26.3 Å². The molecule has 4 rings (SSSR count). The highest BCUT2D eigenvalue weighted by atomic mass is 16.6. The molecule has 2 heteroatoms. The van der Waals surface area contributed by atoms with Crippen LogP contribution in [-0.2, 0) is 9.53 Å². The maximum absolute atomic E-state index is 12.1. The van der Waals surface area contributed by atoms with Crippen molar-refractivity contribution < 1.29 is 9.53 Å². The van der Waals surface area contributed by atoms with Gasteiger partial charge in [-0.15, -0.1) is 0 Å². The fourth-order valence-corrected chi connectivity index (χ4v) is 6.62. The molecule has 0 aromatic heterocycles. The number of hydrogen-bond acceptors (Lipinski definition) is 2. The Hall–Kier alpha value is -0.790. The number of carbonyl (C=O) groups excluding carboxylic acids is 1. The molecule has 0 saturated heterocycles. The van der Waals surface area contributed by atoms with E-state index < -0.39 is 0 Å². The van der Waals surface area contributed by atoms with Gasteiger partial charge in [0.15, 0.2) is 0 Å². The monoisotopic (exact) mass is 302 g/mol. The third kappa shape index (κ3) is 1.95. The number of hydrogen-bond donors (Lipinski definition) is 0. The number of ether oxygens (including phenoxy) is 1. The van der Waals surface area contributed by atoms with Gasteiger partial charge in [-0.3, -0.25) is 0 Å². The maximum atomic E-state index is 12.1. The van der Waals surface area contributed by atoms with E-state index in [1.54, 1.807) is 6.92 Å². The zero-order valence-corrected chi connectivity index (χ0v) is 14.1. The Kier molecular flexibility index (Phi) is 3.43. The molecule has 2 nitrogen and oxygen atoms in total. The molecule has 0 N–H and O–H groups in total. The number of carbonyl (C=O) groups is 1. The van der Waals surface area contributed by atoms with Crippen LogP contribution in [0.1, 0.15) is 65.2 Å². The molecule has 6 atom stereocenters. The van der Waals surface area contributed by atoms with Crippen LogP contribution in [0, 0.1) is 35.5 Å². The average Bonchev–Trinajstić information content (AvgIpc) is 3.08. The third-order valence-electron chi connectivity index (χ3n) is 7.72. The number of esters is 1. The highest BCUT2D eigenvalue weighted by molar-refractivity contribution is 5.87. The van der Waals surface area contributed by atoms with Crippen molar-refractivity contribution in [1.82, 2.24) is 0 Å². The van der Waals surface area contributed by atoms with Gasteiger partial charge in [0.05, 0.1) is 0 Å². The summed E-state index contributed by atoms with van der Waals surface area (Å²) in [6.07, 6.45) is 10.7. The van der Waals surface area contributed by atoms with Crippen LogP contribution in [-0.4, -0.2) is 11.6 Å². The van der Waals surface area contributed by atoms with Crippen LogP contribution in [0.25, 0.3) is 0 Å². The van der Waals surface area contributed by atoms with Crippen molar-refractivity contribution in [2.24, 2.45) is 35.5 Å². The summed E-state index contributed by atoms with van der Waals surface area (Å²) in [6, 6.07) is 0. The molecule has 2 bridgehead atoms. The number of rotatable bonds is 4. The van der Waals surface area contributed by atoms with Gasteiger partial charge in [-0.2, -0.15) is 0 Å². The van der Waals surface area contributed by atoms with E-state index in [2.05, 4.69) is 13.5 Å². The summed E-state index contributed by atoms with van der Waals surface area (Å²) >= 11 is 0. The molecule has 122 valence electrons. The molecule has 0 amide bonds. The van der Waals surface area contributed by atoms with Crippen LogP contribution in [0.2, 0.25) is 0 Å². The van der Waals surface area contributed by atoms with Crippen molar-refractivity contribution in [1.29, 1.82) is 0 Å². The van der Waals surface area contributed by atoms with Crippen LogP contribution in [0.5, 0.6) is 0 Å². The lowest BCUT2D eigenvalue weighted by atomic mass is 9.64. The van der Waals surface area contributed by atoms with E-state index in [0.717, 1.165) is 42.4 Å². The molecule has 0 aromatic carbocycles. The Morgan fingerprint density at radius 2 is 1.91 bits per heavy atom. The van der Waals surface area contributed by atoms with Gasteiger partial charge in [0.1, 0.15) is 5.60 Å². The van der Waals surface area contributed by atoms with Crippen LogP contribution < -0.4 is 0 Å². The predicted octanol–water partition coefficient (Wildman–Crippen LogP) is 4.74. The summed E-state index contributed by atoms with van der Waals surface area (Å²) < 4.78 is 6.05. The summed E-state index contributed by atoms with van der Waals surface area (Å²) in [5.74, 6) is 5.10. The molecule has 0 radical (unpaired) electrons. The molecule has 0 spiro atoms. The normalized spacial score (nSPS) is 46.4. The maximum Gasteiger partial charge on any atom is 0.333 e. The van der Waals surface area contributed by atoms with Gasteiger partial charge < -0.3 is 4.74 Å². The van der Waals surface area contributed by atoms with Crippen molar-refractivity contribution in [3.05, 3.63) is 12.2 Å². The highest BCUT2D eigenvalue weighted by Crippen LogP contribution is 2.67. The van der Waals surface area contributed by atoms with E-state index >= 15 is 0 Å². The lowest BCUT2D eigenvalue weighted by Gasteiger charge is -2.44. The van der Waals surface area contributed by atoms with Gasteiger partial charge in [0.2, 0.25) is 0 Å². The minimum Gasteiger partial charge on any atom is -0.455 e. The molecule has 4 aliphatic carbocycles. The minimum atomic E-state index is -0.170. The van der Waals surface area contributed by atoms with Crippen LogP contribution in [0.4, 0.5) is 0 Å². The highest BCUT2D eigenvalue weighted by Gasteiger charge is 2.64. The SMILES string of the molecule is C=C(C)C(=O)OC1(CC)CC2CC1C1CCC(C3CCC3)C21. The van der Waals surface area contributed by atoms with Gasteiger partial charge in [-0.05, 0) is 68.6 Å². The molecule has 0 heterocycles. The van der Waals surface area contributed by atoms with E-state index in [1.807, 2.05) is 0 Å². The Balaban J connectivity index is 1.53. The van der Waals surface area contributed by atoms with Gasteiger partial charge >= 0.3 is 5.97 Å². The van der Waals surface area contributed by atoms with Crippen molar-refractivity contribution in [2.45, 2.75) is 70.8 Å². The molecule has 0 aliphatic heterocycles. The van der Waals surface area contributed by atoms with Gasteiger partial charge in [-0.1, -0.05) is 32.8 Å². The summed E-state index contributed by atoms with van der Waals surface area (Å²) in [6.45, 7) is 7.75. The lowest BCUT2D eigenvalue weighted by Crippen LogP contribution is -2.46. The Labute approximate surface area is 134 Å². The summed E-state index contributed by atoms with van der Waals surface area (Å²) in [5, 5.41) is 0. The summed E-state index contributed by atoms with van der Waals surface area (Å²) in [5.41, 5.74) is 0.377. The lowest BCUT2D eigenvalue weighted by molar-refractivity contribution is -0.166. The molecule has 0 aromatic rings. The first-order chi connectivity index (χ1) is 10.6. The fraction of sp³-hybridized carbons (Fsp3) is 0.850. The molecule has 6 unspecified atom stereocenters. The van der Waals surface area contributed by atoms with E-state index in [4.69, 9.17) is 4.74 Å². The first-order valence-electron chi connectivity index (χ1n) is 9.44. The zero-order chi connectivity index (χ0) is 15.5. The van der Waals surface area contributed by atoms with Crippen molar-refractivity contribution in [3.63, 3.8) is 0 Å². The number of fused-ring (bicyclic) bond motifs is 5. The first-order valence-corrected chi connectivity index (χ1v) is 9.44. The summed E-state index contributed by atoms with van der Waals surface area (Å²) in [4.78, 5) is 12.1. The van der Waals surface area contributed by atoms with Gasteiger partial charge in [-0.25, -0.2) is 4.79 Å². The molecular formula is C20H30O2. The Bertz CT molecular complexity index is 492. The molecule has 22 heavy (non-hydrogen) atoms. The molecule has 4 saturated carbocycles. The van der Waals surface area contributed by atoms with Crippen molar-refractivity contribution >= 4 is 5.97 Å². The standard InChI is InChI=1S/C20H30O2/c1-4-20(22-19(21)12(2)3)11-14-10-17(20)16-9-8-15(18(14)16)13-6-5-7-13/h13-18H,2,4-11H2,1,3H3. The Morgan fingerprint density at radius 1 is 1.18 bits per heavy atom. The zero-order valence-electron chi connectivity index (χ0n) is 14.1. The van der Waals surface area contributed by atoms with Gasteiger partial charge in [0, 0.05) is 11.5 Å². The van der Waals surface area contributed by atoms with E-state index in [1.165, 1.54) is 38.5 Å². The first kappa shape index (κ1) is 14.8. The smallest absolute Gasteiger partial charge is 0.333 e. The van der Waals surface area contributed by atoms with Crippen LogP contribution >= 0.6 is 0 Å². The van der Waals surface area contributed by atoms with Crippen LogP contribution in [0.3, 0.4) is 0 Å². The van der Waals surface area contributed by atoms with Crippen molar-refractivity contribution in [2.75, 3.05) is 0 Å². The van der Waals surface area contributed by atoms with Crippen LogP contribution in [0.15, 0.2) is 12.2 Å². The summed E-state index contributed by atoms with van der Waals surface area (Å²) in [7, 11) is 0. The quantitative estimate of drug-likeness (QED) is 0.554. The Morgan fingerprint density at radius 3 is 2.50 bits per heavy atom. The van der Waals surface area contributed by atoms with E-state index in [-0.39, 0.29) is 11.6 Å². The second-order valence-electron chi connectivity index (χ2n) is 8.57. The molecule has 4 aliphatic rings. The average molecular weight is 302 g/mol. The van der Waals surface area contributed by atoms with E-state index in [0.29, 0.717) is 11.5 Å². The largest absolute Gasteiger partial charge is 0.455 e. The van der Waals surface area contributed by atoms with Gasteiger partial charge in [0.25, 0.3) is 0 Å². The minimum absolute atomic E-state index is 0.167. The van der Waals surface area contributed by atoms with Crippen molar-refractivity contribution in [3.8, 4) is 0 Å². The third-order valence-corrected chi connectivity index (χ3v) is 7.72. The second kappa shape index (κ2) is 5.11. The van der Waals surface area contributed by atoms with E-state index in [9.17, 15) is 4.79 Å². The molecular weight excluding hydrogens is 272 g/mol. The predicted molar refractivity (Wildman–Crippen MR) is 87.2 cm³/mol. The second-order valence-corrected chi connectivity index (χ2v) is 8.57. The molecule has 4 fully saturated rings.